The SMILES string of the molecule is COc1ccc(CNc2nccc(N3CCCC3)n2)cc1. The number of benzene rings is 1. The number of anilines is 2. The third kappa shape index (κ3) is 3.42. The molecule has 1 aliphatic heterocycles. The number of nitrogens with one attached hydrogen (secondary N) is 1. The first-order valence-corrected chi connectivity index (χ1v) is 7.30. The standard InChI is InChI=1S/C16H20N4O/c1-21-14-6-4-13(5-7-14)12-18-16-17-9-8-15(19-16)20-10-2-3-11-20/h4-9H,2-3,10-12H2,1H3,(H,17,18,19). The summed E-state index contributed by atoms with van der Waals surface area (Å²) in [5.41, 5.74) is 1.17. The second kappa shape index (κ2) is 6.43. The van der Waals surface area contributed by atoms with Crippen LogP contribution in [-0.4, -0.2) is 30.2 Å². The molecule has 21 heavy (non-hydrogen) atoms. The van der Waals surface area contributed by atoms with Gasteiger partial charge in [0.25, 0.3) is 0 Å². The molecule has 1 fully saturated rings. The van der Waals surface area contributed by atoms with Gasteiger partial charge in [0.2, 0.25) is 5.95 Å². The second-order valence-corrected chi connectivity index (χ2v) is 5.13. The molecule has 3 rings (SSSR count). The number of ether oxygens (including phenoxy) is 1. The molecule has 1 aliphatic rings. The van der Waals surface area contributed by atoms with Crippen LogP contribution in [-0.2, 0) is 6.54 Å². The minimum Gasteiger partial charge on any atom is -0.497 e. The molecule has 0 aliphatic carbocycles. The predicted molar refractivity (Wildman–Crippen MR) is 83.8 cm³/mol. The summed E-state index contributed by atoms with van der Waals surface area (Å²) in [6, 6.07) is 9.97. The Balaban J connectivity index is 1.62. The summed E-state index contributed by atoms with van der Waals surface area (Å²) < 4.78 is 5.15. The fourth-order valence-electron chi connectivity index (χ4n) is 2.48. The zero-order valence-electron chi connectivity index (χ0n) is 12.2. The summed E-state index contributed by atoms with van der Waals surface area (Å²) in [5, 5.41) is 3.27. The van der Waals surface area contributed by atoms with Crippen LogP contribution >= 0.6 is 0 Å². The lowest BCUT2D eigenvalue weighted by Gasteiger charge is -2.16. The van der Waals surface area contributed by atoms with Gasteiger partial charge in [-0.2, -0.15) is 4.98 Å². The van der Waals surface area contributed by atoms with Crippen LogP contribution in [0.15, 0.2) is 36.5 Å². The summed E-state index contributed by atoms with van der Waals surface area (Å²) in [7, 11) is 1.67. The average molecular weight is 284 g/mol. The van der Waals surface area contributed by atoms with E-state index in [9.17, 15) is 0 Å². The number of rotatable bonds is 5. The molecule has 1 N–H and O–H groups in total. The molecule has 0 unspecified atom stereocenters. The van der Waals surface area contributed by atoms with E-state index in [2.05, 4.69) is 20.2 Å². The zero-order chi connectivity index (χ0) is 14.5. The van der Waals surface area contributed by atoms with Gasteiger partial charge in [-0.1, -0.05) is 12.1 Å². The van der Waals surface area contributed by atoms with E-state index in [0.717, 1.165) is 24.7 Å². The van der Waals surface area contributed by atoms with Crippen LogP contribution in [0.4, 0.5) is 11.8 Å². The van der Waals surface area contributed by atoms with Crippen LogP contribution in [0.1, 0.15) is 18.4 Å². The van der Waals surface area contributed by atoms with Crippen LogP contribution in [0.3, 0.4) is 0 Å². The third-order valence-corrected chi connectivity index (χ3v) is 3.68. The lowest BCUT2D eigenvalue weighted by Crippen LogP contribution is -2.19. The quantitative estimate of drug-likeness (QED) is 0.915. The molecule has 5 heteroatoms. The maximum atomic E-state index is 5.15. The maximum absolute atomic E-state index is 5.15. The molecule has 0 radical (unpaired) electrons. The Hall–Kier alpha value is -2.30. The minimum absolute atomic E-state index is 0.676. The smallest absolute Gasteiger partial charge is 0.224 e. The molecule has 1 aromatic heterocycles. The van der Waals surface area contributed by atoms with Crippen LogP contribution in [0.5, 0.6) is 5.75 Å². The summed E-state index contributed by atoms with van der Waals surface area (Å²) in [6.45, 7) is 2.89. The van der Waals surface area contributed by atoms with Crippen molar-refractivity contribution in [3.8, 4) is 5.75 Å². The van der Waals surface area contributed by atoms with Gasteiger partial charge in [-0.05, 0) is 36.6 Å². The van der Waals surface area contributed by atoms with Gasteiger partial charge >= 0.3 is 0 Å². The summed E-state index contributed by atoms with van der Waals surface area (Å²) in [5.74, 6) is 2.56. The summed E-state index contributed by atoms with van der Waals surface area (Å²) in [6.07, 6.45) is 4.31. The number of nitrogens with zero attached hydrogens (tertiary/aromatic N) is 3. The molecule has 0 bridgehead atoms. The average Bonchev–Trinajstić information content (AvgIpc) is 3.08. The van der Waals surface area contributed by atoms with E-state index in [-0.39, 0.29) is 0 Å². The van der Waals surface area contributed by atoms with Gasteiger partial charge in [-0.15, -0.1) is 0 Å². The first kappa shape index (κ1) is 13.7. The van der Waals surface area contributed by atoms with Crippen LogP contribution < -0.4 is 15.0 Å². The van der Waals surface area contributed by atoms with Crippen molar-refractivity contribution in [3.63, 3.8) is 0 Å². The van der Waals surface area contributed by atoms with Gasteiger partial charge in [0.05, 0.1) is 7.11 Å². The highest BCUT2D eigenvalue weighted by Gasteiger charge is 2.13. The normalized spacial score (nSPS) is 14.2. The van der Waals surface area contributed by atoms with Crippen molar-refractivity contribution in [2.45, 2.75) is 19.4 Å². The van der Waals surface area contributed by atoms with Gasteiger partial charge in [-0.25, -0.2) is 4.98 Å². The molecule has 2 aromatic rings. The third-order valence-electron chi connectivity index (χ3n) is 3.68. The Kier molecular flexibility index (Phi) is 4.19. The van der Waals surface area contributed by atoms with E-state index in [1.165, 1.54) is 18.4 Å². The van der Waals surface area contributed by atoms with Crippen LogP contribution in [0, 0.1) is 0 Å². The van der Waals surface area contributed by atoms with Gasteiger partial charge in [0.1, 0.15) is 11.6 Å². The van der Waals surface area contributed by atoms with Gasteiger partial charge in [-0.3, -0.25) is 0 Å². The lowest BCUT2D eigenvalue weighted by molar-refractivity contribution is 0.414. The highest BCUT2D eigenvalue weighted by molar-refractivity contribution is 5.43. The summed E-state index contributed by atoms with van der Waals surface area (Å²) >= 11 is 0. The Labute approximate surface area is 125 Å². The molecule has 1 saturated heterocycles. The first-order chi connectivity index (χ1) is 10.3. The Morgan fingerprint density at radius 3 is 2.62 bits per heavy atom. The molecule has 0 saturated carbocycles. The fraction of sp³-hybridized carbons (Fsp3) is 0.375. The van der Waals surface area contributed by atoms with E-state index in [4.69, 9.17) is 4.74 Å². The second-order valence-electron chi connectivity index (χ2n) is 5.13. The van der Waals surface area contributed by atoms with Crippen LogP contribution in [0.2, 0.25) is 0 Å². The van der Waals surface area contributed by atoms with Crippen molar-refractivity contribution in [1.29, 1.82) is 0 Å². The largest absolute Gasteiger partial charge is 0.497 e. The van der Waals surface area contributed by atoms with E-state index in [1.54, 1.807) is 7.11 Å². The van der Waals surface area contributed by atoms with E-state index in [1.807, 2.05) is 36.5 Å². The predicted octanol–water partition coefficient (Wildman–Crippen LogP) is 2.70. The van der Waals surface area contributed by atoms with Crippen LogP contribution in [0.25, 0.3) is 0 Å². The fourth-order valence-corrected chi connectivity index (χ4v) is 2.48. The Morgan fingerprint density at radius 2 is 1.90 bits per heavy atom. The topological polar surface area (TPSA) is 50.3 Å². The molecule has 5 nitrogen and oxygen atoms in total. The molecule has 0 amide bonds. The molecule has 0 spiro atoms. The van der Waals surface area contributed by atoms with Crippen molar-refractivity contribution in [1.82, 2.24) is 9.97 Å². The molecular formula is C16H20N4O. The monoisotopic (exact) mass is 284 g/mol. The molecular weight excluding hydrogens is 264 g/mol. The zero-order valence-corrected chi connectivity index (χ0v) is 12.2. The van der Waals surface area contributed by atoms with Crippen molar-refractivity contribution in [2.75, 3.05) is 30.4 Å². The van der Waals surface area contributed by atoms with E-state index in [0.29, 0.717) is 12.5 Å². The highest BCUT2D eigenvalue weighted by atomic mass is 16.5. The number of aromatic nitrogens is 2. The van der Waals surface area contributed by atoms with Crippen molar-refractivity contribution in [3.05, 3.63) is 42.1 Å². The van der Waals surface area contributed by atoms with Crippen molar-refractivity contribution < 1.29 is 4.74 Å². The molecule has 0 atom stereocenters. The molecule has 110 valence electrons. The van der Waals surface area contributed by atoms with Gasteiger partial charge < -0.3 is 15.0 Å². The highest BCUT2D eigenvalue weighted by Crippen LogP contribution is 2.18. The Morgan fingerprint density at radius 1 is 1.14 bits per heavy atom. The van der Waals surface area contributed by atoms with Crippen molar-refractivity contribution in [2.24, 2.45) is 0 Å². The number of hydrogen-bond acceptors (Lipinski definition) is 5. The van der Waals surface area contributed by atoms with Crippen molar-refractivity contribution >= 4 is 11.8 Å². The Bertz CT molecular complexity index is 579. The summed E-state index contributed by atoms with van der Waals surface area (Å²) in [4.78, 5) is 11.2. The lowest BCUT2D eigenvalue weighted by atomic mass is 10.2. The number of hydrogen-bond donors (Lipinski definition) is 1. The minimum atomic E-state index is 0.676. The first-order valence-electron chi connectivity index (χ1n) is 7.30. The van der Waals surface area contributed by atoms with Gasteiger partial charge in [0, 0.05) is 25.8 Å². The van der Waals surface area contributed by atoms with Gasteiger partial charge in [0.15, 0.2) is 0 Å². The molecule has 2 heterocycles. The maximum Gasteiger partial charge on any atom is 0.224 e. The van der Waals surface area contributed by atoms with E-state index < -0.39 is 0 Å². The van der Waals surface area contributed by atoms with E-state index >= 15 is 0 Å². The number of methoxy groups -OCH3 is 1. The molecule has 1 aromatic carbocycles.